The number of hydrogen-bond donors (Lipinski definition) is 5. The number of carbonyl (C=O) groups is 2. The van der Waals surface area contributed by atoms with Gasteiger partial charge in [0.15, 0.2) is 13.2 Å². The van der Waals surface area contributed by atoms with Gasteiger partial charge in [0.1, 0.15) is 11.5 Å². The molecule has 4 aliphatic rings. The summed E-state index contributed by atoms with van der Waals surface area (Å²) in [6, 6.07) is 23.2. The first-order chi connectivity index (χ1) is 19.1. The van der Waals surface area contributed by atoms with Crippen molar-refractivity contribution in [1.82, 2.24) is 26.6 Å². The summed E-state index contributed by atoms with van der Waals surface area (Å²) >= 11 is 0. The number of nitrogens with one attached hydrogen (secondary N) is 5. The number of carbonyl (C=O) groups excluding carboxylic acids is 2. The summed E-state index contributed by atoms with van der Waals surface area (Å²) in [4.78, 5) is 24.6. The van der Waals surface area contributed by atoms with Crippen LogP contribution in [0.1, 0.15) is 22.3 Å². The Morgan fingerprint density at radius 2 is 0.923 bits per heavy atom. The highest BCUT2D eigenvalue weighted by Crippen LogP contribution is 2.13. The van der Waals surface area contributed by atoms with Gasteiger partial charge in [-0.15, -0.1) is 0 Å². The fourth-order valence-electron chi connectivity index (χ4n) is 4.00. The predicted molar refractivity (Wildman–Crippen MR) is 150 cm³/mol. The number of benzene rings is 3. The molecule has 0 aromatic heterocycles. The summed E-state index contributed by atoms with van der Waals surface area (Å²) in [5.74, 6) is 0.902. The molecule has 3 aromatic rings. The molecule has 0 saturated carbocycles. The van der Waals surface area contributed by atoms with Gasteiger partial charge in [0.2, 0.25) is 0 Å². The first-order valence-corrected chi connectivity index (χ1v) is 13.3. The number of ether oxygens (including phenoxy) is 2. The highest BCUT2D eigenvalue weighted by molar-refractivity contribution is 5.78. The van der Waals surface area contributed by atoms with E-state index in [0.717, 1.165) is 61.5 Å². The summed E-state index contributed by atoms with van der Waals surface area (Å²) in [5.41, 5.74) is 4.18. The lowest BCUT2D eigenvalue weighted by Crippen LogP contribution is -2.32. The standard InChI is InChI=1S/C30H37N5O4/c36-29-21-38-27-8-4-23(5-9-27)17-32-14-12-31-13-15-33-18-24-6-10-28(11-7-24)39-22-30(37)35-20-26-3-1-2-25(16-26)19-34-29/h1-11,16,31-33H,12-15,17-22H2,(H,34,36)(H,35,37). The van der Waals surface area contributed by atoms with E-state index in [4.69, 9.17) is 9.47 Å². The Balaban J connectivity index is 1.32. The van der Waals surface area contributed by atoms with Gasteiger partial charge in [-0.1, -0.05) is 48.5 Å². The van der Waals surface area contributed by atoms with E-state index in [1.54, 1.807) is 0 Å². The van der Waals surface area contributed by atoms with Gasteiger partial charge in [0.25, 0.3) is 11.8 Å². The zero-order chi connectivity index (χ0) is 27.1. The van der Waals surface area contributed by atoms with Gasteiger partial charge in [-0.3, -0.25) is 9.59 Å². The second-order valence-electron chi connectivity index (χ2n) is 9.34. The average molecular weight is 532 g/mol. The van der Waals surface area contributed by atoms with E-state index in [9.17, 15) is 9.59 Å². The molecule has 9 nitrogen and oxygen atoms in total. The molecule has 0 saturated heterocycles. The third-order valence-corrected chi connectivity index (χ3v) is 6.17. The molecule has 3 aromatic carbocycles. The number of amides is 2. The van der Waals surface area contributed by atoms with Crippen LogP contribution in [0.2, 0.25) is 0 Å². The minimum atomic E-state index is -0.202. The van der Waals surface area contributed by atoms with Crippen LogP contribution in [-0.4, -0.2) is 51.2 Å². The lowest BCUT2D eigenvalue weighted by molar-refractivity contribution is -0.124. The second kappa shape index (κ2) is 15.5. The fourth-order valence-corrected chi connectivity index (χ4v) is 4.00. The molecule has 0 atom stereocenters. The molecule has 9 heteroatoms. The lowest BCUT2D eigenvalue weighted by atomic mass is 10.1. The molecule has 39 heavy (non-hydrogen) atoms. The van der Waals surface area contributed by atoms with E-state index in [1.165, 1.54) is 0 Å². The van der Waals surface area contributed by atoms with Crippen molar-refractivity contribution in [1.29, 1.82) is 0 Å². The minimum Gasteiger partial charge on any atom is -0.484 e. The van der Waals surface area contributed by atoms with Gasteiger partial charge in [-0.2, -0.15) is 0 Å². The van der Waals surface area contributed by atoms with Crippen molar-refractivity contribution in [2.75, 3.05) is 39.4 Å². The van der Waals surface area contributed by atoms with E-state index >= 15 is 0 Å². The molecule has 0 fully saturated rings. The van der Waals surface area contributed by atoms with Crippen LogP contribution in [0, 0.1) is 0 Å². The average Bonchev–Trinajstić information content (AvgIpc) is 2.97. The van der Waals surface area contributed by atoms with Gasteiger partial charge in [0.05, 0.1) is 0 Å². The molecular weight excluding hydrogens is 494 g/mol. The minimum absolute atomic E-state index is 0.0589. The molecule has 5 N–H and O–H groups in total. The van der Waals surface area contributed by atoms with E-state index in [2.05, 4.69) is 26.6 Å². The van der Waals surface area contributed by atoms with Crippen LogP contribution in [0.15, 0.2) is 72.8 Å². The Bertz CT molecular complexity index is 1100. The van der Waals surface area contributed by atoms with Crippen LogP contribution in [0.5, 0.6) is 11.5 Å². The Labute approximate surface area is 229 Å². The first-order valence-electron chi connectivity index (χ1n) is 13.3. The van der Waals surface area contributed by atoms with Crippen LogP contribution in [0.4, 0.5) is 0 Å². The largest absolute Gasteiger partial charge is 0.484 e. The molecule has 0 spiro atoms. The molecule has 0 aliphatic carbocycles. The van der Waals surface area contributed by atoms with E-state index in [1.807, 2.05) is 72.8 Å². The Morgan fingerprint density at radius 1 is 0.487 bits per heavy atom. The summed E-state index contributed by atoms with van der Waals surface area (Å²) in [6.45, 7) is 5.64. The van der Waals surface area contributed by atoms with Crippen molar-refractivity contribution < 1.29 is 19.1 Å². The van der Waals surface area contributed by atoms with Gasteiger partial charge in [-0.05, 0) is 46.5 Å². The third-order valence-electron chi connectivity index (χ3n) is 6.17. The van der Waals surface area contributed by atoms with E-state index in [0.29, 0.717) is 24.6 Å². The van der Waals surface area contributed by atoms with Crippen molar-refractivity contribution in [3.8, 4) is 11.5 Å². The van der Waals surface area contributed by atoms with Crippen LogP contribution < -0.4 is 36.1 Å². The van der Waals surface area contributed by atoms with Crippen LogP contribution in [0.25, 0.3) is 0 Å². The van der Waals surface area contributed by atoms with Crippen LogP contribution in [-0.2, 0) is 35.8 Å². The third kappa shape index (κ3) is 10.4. The number of rotatable bonds is 0. The van der Waals surface area contributed by atoms with Crippen molar-refractivity contribution in [2.45, 2.75) is 26.2 Å². The lowest BCUT2D eigenvalue weighted by Gasteiger charge is -2.11. The monoisotopic (exact) mass is 531 g/mol. The Morgan fingerprint density at radius 3 is 1.38 bits per heavy atom. The second-order valence-corrected chi connectivity index (χ2v) is 9.34. The highest BCUT2D eigenvalue weighted by atomic mass is 16.5. The van der Waals surface area contributed by atoms with Crippen LogP contribution in [0.3, 0.4) is 0 Å². The van der Waals surface area contributed by atoms with Crippen molar-refractivity contribution >= 4 is 11.8 Å². The zero-order valence-corrected chi connectivity index (χ0v) is 22.1. The summed E-state index contributed by atoms with van der Waals surface area (Å²) in [7, 11) is 0. The molecule has 0 unspecified atom stereocenters. The molecule has 2 amide bonds. The SMILES string of the molecule is O=C1COc2ccc(cc2)CNCCNCCNCc2ccc(cc2)OCC(=O)NCc2cccc(c2)CN1. The van der Waals surface area contributed by atoms with Gasteiger partial charge in [-0.25, -0.2) is 0 Å². The molecular formula is C30H37N5O4. The molecule has 4 heterocycles. The van der Waals surface area contributed by atoms with Crippen LogP contribution >= 0.6 is 0 Å². The maximum absolute atomic E-state index is 12.3. The molecule has 4 aliphatic heterocycles. The first kappa shape index (κ1) is 28.1. The summed E-state index contributed by atoms with van der Waals surface area (Å²) in [6.07, 6.45) is 0. The molecule has 7 rings (SSSR count). The molecule has 6 bridgehead atoms. The maximum Gasteiger partial charge on any atom is 0.258 e. The predicted octanol–water partition coefficient (Wildman–Crippen LogP) is 1.86. The van der Waals surface area contributed by atoms with Crippen molar-refractivity contribution in [3.05, 3.63) is 95.1 Å². The number of hydrogen-bond acceptors (Lipinski definition) is 7. The Kier molecular flexibility index (Phi) is 11.2. The van der Waals surface area contributed by atoms with Crippen molar-refractivity contribution in [3.63, 3.8) is 0 Å². The zero-order valence-electron chi connectivity index (χ0n) is 22.1. The topological polar surface area (TPSA) is 113 Å². The van der Waals surface area contributed by atoms with E-state index in [-0.39, 0.29) is 25.0 Å². The summed E-state index contributed by atoms with van der Waals surface area (Å²) < 4.78 is 11.3. The Hall–Kier alpha value is -3.92. The maximum atomic E-state index is 12.3. The van der Waals surface area contributed by atoms with E-state index < -0.39 is 0 Å². The quantitative estimate of drug-likeness (QED) is 0.301. The van der Waals surface area contributed by atoms with Gasteiger partial charge >= 0.3 is 0 Å². The normalized spacial score (nSPS) is 16.8. The fraction of sp³-hybridized carbons (Fsp3) is 0.333. The van der Waals surface area contributed by atoms with Gasteiger partial charge < -0.3 is 36.1 Å². The highest BCUT2D eigenvalue weighted by Gasteiger charge is 2.06. The molecule has 0 radical (unpaired) electrons. The van der Waals surface area contributed by atoms with Crippen molar-refractivity contribution in [2.24, 2.45) is 0 Å². The van der Waals surface area contributed by atoms with Gasteiger partial charge in [0, 0.05) is 52.4 Å². The molecule has 206 valence electrons. The smallest absolute Gasteiger partial charge is 0.258 e. The summed E-state index contributed by atoms with van der Waals surface area (Å²) in [5, 5.41) is 16.0.